The number of rotatable bonds is 5. The summed E-state index contributed by atoms with van der Waals surface area (Å²) in [6.07, 6.45) is 2.91. The van der Waals surface area contributed by atoms with Gasteiger partial charge in [-0.15, -0.1) is 6.58 Å². The standard InChI is InChI=1S/C9H16ClN/c1-4-5-9(3)11-7-8(2)6-10/h4,6,9,11H,1,5,7H2,2-3H3/b8-6+. The molecule has 0 saturated carbocycles. The summed E-state index contributed by atoms with van der Waals surface area (Å²) in [5, 5.41) is 3.31. The first-order valence-electron chi connectivity index (χ1n) is 3.80. The average Bonchev–Trinajstić information content (AvgIpc) is 2.01. The van der Waals surface area contributed by atoms with Gasteiger partial charge in [-0.3, -0.25) is 0 Å². The second-order valence-corrected chi connectivity index (χ2v) is 2.98. The second kappa shape index (κ2) is 6.44. The fraction of sp³-hybridized carbons (Fsp3) is 0.556. The van der Waals surface area contributed by atoms with E-state index < -0.39 is 0 Å². The molecule has 0 aliphatic rings. The predicted octanol–water partition coefficient (Wildman–Crippen LogP) is 2.68. The summed E-state index contributed by atoms with van der Waals surface area (Å²) in [4.78, 5) is 0. The molecule has 11 heavy (non-hydrogen) atoms. The molecule has 0 amide bonds. The third-order valence-electron chi connectivity index (χ3n) is 1.44. The zero-order valence-corrected chi connectivity index (χ0v) is 7.99. The molecule has 0 bridgehead atoms. The van der Waals surface area contributed by atoms with Crippen LogP contribution < -0.4 is 5.32 Å². The Bertz CT molecular complexity index is 140. The molecular weight excluding hydrogens is 158 g/mol. The maximum Gasteiger partial charge on any atom is 0.0176 e. The monoisotopic (exact) mass is 173 g/mol. The van der Waals surface area contributed by atoms with Crippen LogP contribution in [-0.4, -0.2) is 12.6 Å². The first-order valence-corrected chi connectivity index (χ1v) is 4.24. The summed E-state index contributed by atoms with van der Waals surface area (Å²) in [5.74, 6) is 0. The van der Waals surface area contributed by atoms with Crippen LogP contribution in [0, 0.1) is 0 Å². The zero-order valence-electron chi connectivity index (χ0n) is 7.23. The minimum Gasteiger partial charge on any atom is -0.310 e. The Hall–Kier alpha value is -0.270. The number of hydrogen-bond acceptors (Lipinski definition) is 1. The van der Waals surface area contributed by atoms with Crippen molar-refractivity contribution in [2.45, 2.75) is 26.3 Å². The average molecular weight is 174 g/mol. The van der Waals surface area contributed by atoms with Crippen molar-refractivity contribution >= 4 is 11.6 Å². The van der Waals surface area contributed by atoms with Gasteiger partial charge in [0.05, 0.1) is 0 Å². The van der Waals surface area contributed by atoms with Gasteiger partial charge in [-0.1, -0.05) is 17.7 Å². The van der Waals surface area contributed by atoms with Crippen molar-refractivity contribution < 1.29 is 0 Å². The molecule has 0 radical (unpaired) electrons. The lowest BCUT2D eigenvalue weighted by Gasteiger charge is -2.10. The highest BCUT2D eigenvalue weighted by Crippen LogP contribution is 1.95. The Morgan fingerprint density at radius 3 is 2.82 bits per heavy atom. The molecule has 1 nitrogen and oxygen atoms in total. The van der Waals surface area contributed by atoms with E-state index in [1.807, 2.05) is 13.0 Å². The lowest BCUT2D eigenvalue weighted by atomic mass is 10.2. The van der Waals surface area contributed by atoms with Gasteiger partial charge in [-0.05, 0) is 25.8 Å². The number of hydrogen-bond donors (Lipinski definition) is 1. The van der Waals surface area contributed by atoms with E-state index in [0.29, 0.717) is 6.04 Å². The van der Waals surface area contributed by atoms with Crippen LogP contribution in [0.25, 0.3) is 0 Å². The third kappa shape index (κ3) is 6.14. The fourth-order valence-corrected chi connectivity index (χ4v) is 0.784. The van der Waals surface area contributed by atoms with Crippen LogP contribution in [0.5, 0.6) is 0 Å². The van der Waals surface area contributed by atoms with Gasteiger partial charge in [-0.2, -0.15) is 0 Å². The summed E-state index contributed by atoms with van der Waals surface area (Å²) < 4.78 is 0. The molecule has 64 valence electrons. The predicted molar refractivity (Wildman–Crippen MR) is 51.9 cm³/mol. The highest BCUT2D eigenvalue weighted by atomic mass is 35.5. The van der Waals surface area contributed by atoms with Crippen LogP contribution >= 0.6 is 11.6 Å². The van der Waals surface area contributed by atoms with Crippen LogP contribution in [0.2, 0.25) is 0 Å². The zero-order chi connectivity index (χ0) is 8.69. The minimum atomic E-state index is 0.485. The highest BCUT2D eigenvalue weighted by molar-refractivity contribution is 6.25. The molecule has 0 fully saturated rings. The van der Waals surface area contributed by atoms with E-state index in [1.54, 1.807) is 5.54 Å². The maximum absolute atomic E-state index is 5.49. The lowest BCUT2D eigenvalue weighted by molar-refractivity contribution is 0.582. The first-order chi connectivity index (χ1) is 5.20. The van der Waals surface area contributed by atoms with E-state index in [2.05, 4.69) is 18.8 Å². The minimum absolute atomic E-state index is 0.485. The van der Waals surface area contributed by atoms with Crippen molar-refractivity contribution in [2.75, 3.05) is 6.54 Å². The van der Waals surface area contributed by atoms with Gasteiger partial charge in [0.2, 0.25) is 0 Å². The molecule has 1 unspecified atom stereocenters. The molecule has 0 aromatic carbocycles. The normalized spacial score (nSPS) is 14.6. The smallest absolute Gasteiger partial charge is 0.0176 e. The molecule has 0 saturated heterocycles. The van der Waals surface area contributed by atoms with Gasteiger partial charge in [0, 0.05) is 18.1 Å². The number of nitrogens with one attached hydrogen (secondary N) is 1. The van der Waals surface area contributed by atoms with Gasteiger partial charge in [0.15, 0.2) is 0 Å². The van der Waals surface area contributed by atoms with Crippen molar-refractivity contribution in [3.8, 4) is 0 Å². The molecule has 0 heterocycles. The van der Waals surface area contributed by atoms with E-state index >= 15 is 0 Å². The number of halogens is 1. The highest BCUT2D eigenvalue weighted by Gasteiger charge is 1.96. The van der Waals surface area contributed by atoms with E-state index in [-0.39, 0.29) is 0 Å². The van der Waals surface area contributed by atoms with Crippen molar-refractivity contribution in [3.05, 3.63) is 23.8 Å². The van der Waals surface area contributed by atoms with Crippen LogP contribution in [0.4, 0.5) is 0 Å². The molecule has 0 aromatic heterocycles. The second-order valence-electron chi connectivity index (χ2n) is 2.76. The van der Waals surface area contributed by atoms with Crippen LogP contribution in [0.15, 0.2) is 23.8 Å². The SMILES string of the molecule is C=CCC(C)NC/C(C)=C/Cl. The summed E-state index contributed by atoms with van der Waals surface area (Å²) in [6.45, 7) is 8.66. The molecule has 0 spiro atoms. The van der Waals surface area contributed by atoms with Crippen LogP contribution in [0.1, 0.15) is 20.3 Å². The van der Waals surface area contributed by atoms with Gasteiger partial charge in [-0.25, -0.2) is 0 Å². The molecule has 1 atom stereocenters. The van der Waals surface area contributed by atoms with Crippen molar-refractivity contribution in [2.24, 2.45) is 0 Å². The first kappa shape index (κ1) is 10.7. The maximum atomic E-state index is 5.49. The van der Waals surface area contributed by atoms with E-state index in [9.17, 15) is 0 Å². The summed E-state index contributed by atoms with van der Waals surface area (Å²) in [6, 6.07) is 0.485. The Labute approximate surface area is 74.1 Å². The van der Waals surface area contributed by atoms with Crippen molar-refractivity contribution in [1.82, 2.24) is 5.32 Å². The van der Waals surface area contributed by atoms with Crippen molar-refractivity contribution in [1.29, 1.82) is 0 Å². The van der Waals surface area contributed by atoms with Crippen LogP contribution in [0.3, 0.4) is 0 Å². The van der Waals surface area contributed by atoms with Gasteiger partial charge < -0.3 is 5.32 Å². The Kier molecular flexibility index (Phi) is 6.28. The fourth-order valence-electron chi connectivity index (χ4n) is 0.707. The summed E-state index contributed by atoms with van der Waals surface area (Å²) >= 11 is 5.49. The largest absolute Gasteiger partial charge is 0.310 e. The molecule has 0 aliphatic heterocycles. The van der Waals surface area contributed by atoms with E-state index in [4.69, 9.17) is 11.6 Å². The molecule has 0 rings (SSSR count). The van der Waals surface area contributed by atoms with Crippen molar-refractivity contribution in [3.63, 3.8) is 0 Å². The van der Waals surface area contributed by atoms with Gasteiger partial charge >= 0.3 is 0 Å². The van der Waals surface area contributed by atoms with Crippen LogP contribution in [-0.2, 0) is 0 Å². The van der Waals surface area contributed by atoms with Gasteiger partial charge in [0.25, 0.3) is 0 Å². The molecule has 1 N–H and O–H groups in total. The van der Waals surface area contributed by atoms with Gasteiger partial charge in [0.1, 0.15) is 0 Å². The quantitative estimate of drug-likeness (QED) is 0.631. The molecular formula is C9H16ClN. The topological polar surface area (TPSA) is 12.0 Å². The molecule has 0 aromatic rings. The lowest BCUT2D eigenvalue weighted by Crippen LogP contribution is -2.26. The molecule has 2 heteroatoms. The third-order valence-corrected chi connectivity index (χ3v) is 1.81. The summed E-state index contributed by atoms with van der Waals surface area (Å²) in [5.41, 5.74) is 2.76. The Morgan fingerprint density at radius 1 is 1.73 bits per heavy atom. The summed E-state index contributed by atoms with van der Waals surface area (Å²) in [7, 11) is 0. The van der Waals surface area contributed by atoms with E-state index in [0.717, 1.165) is 18.5 Å². The van der Waals surface area contributed by atoms with E-state index in [1.165, 1.54) is 0 Å². The molecule has 0 aliphatic carbocycles. The Balaban J connectivity index is 3.45. The Morgan fingerprint density at radius 2 is 2.36 bits per heavy atom.